The number of amides is 3. The molecule has 2 aromatic carbocycles. The zero-order valence-corrected chi connectivity index (χ0v) is 30.2. The van der Waals surface area contributed by atoms with E-state index < -0.39 is 35.9 Å². The topological polar surface area (TPSA) is 171 Å². The second-order valence-electron chi connectivity index (χ2n) is 13.4. The van der Waals surface area contributed by atoms with Gasteiger partial charge in [0.25, 0.3) is 0 Å². The first-order valence-corrected chi connectivity index (χ1v) is 18.9. The lowest BCUT2D eigenvalue weighted by Crippen LogP contribution is -2.56. The number of phenols is 1. The lowest BCUT2D eigenvalue weighted by Gasteiger charge is -2.25. The van der Waals surface area contributed by atoms with Crippen molar-refractivity contribution in [3.63, 3.8) is 0 Å². The Labute approximate surface area is 299 Å². The van der Waals surface area contributed by atoms with Crippen molar-refractivity contribution in [1.29, 1.82) is 0 Å². The van der Waals surface area contributed by atoms with E-state index in [4.69, 9.17) is 5.73 Å². The maximum atomic E-state index is 13.7. The van der Waals surface area contributed by atoms with Crippen molar-refractivity contribution >= 4 is 23.7 Å². The summed E-state index contributed by atoms with van der Waals surface area (Å²) in [5.41, 5.74) is 7.15. The number of benzene rings is 2. The summed E-state index contributed by atoms with van der Waals surface area (Å²) in [5, 5.41) is 27.8. The molecule has 50 heavy (non-hydrogen) atoms. The number of phenolic OH excluding ortho intramolecular Hbond substituents is 1. The Morgan fingerprint density at radius 2 is 1.10 bits per heavy atom. The Balaban J connectivity index is 1.95. The molecule has 0 spiro atoms. The van der Waals surface area contributed by atoms with E-state index in [0.717, 1.165) is 36.8 Å². The van der Waals surface area contributed by atoms with Crippen molar-refractivity contribution in [2.75, 3.05) is 6.54 Å². The second kappa shape index (κ2) is 26.0. The van der Waals surface area contributed by atoms with E-state index in [1.807, 2.05) is 6.07 Å². The van der Waals surface area contributed by atoms with Gasteiger partial charge < -0.3 is 31.9 Å². The van der Waals surface area contributed by atoms with Crippen LogP contribution < -0.4 is 21.7 Å². The van der Waals surface area contributed by atoms with E-state index >= 15 is 0 Å². The summed E-state index contributed by atoms with van der Waals surface area (Å²) in [7, 11) is 0. The molecule has 3 amide bonds. The molecule has 0 aliphatic carbocycles. The van der Waals surface area contributed by atoms with Crippen LogP contribution in [0.2, 0.25) is 0 Å². The van der Waals surface area contributed by atoms with Crippen LogP contribution in [0.25, 0.3) is 0 Å². The molecule has 0 aromatic heterocycles. The molecular formula is C40H62N4O6. The Kier molecular flexibility index (Phi) is 21.9. The molecule has 0 saturated carbocycles. The zero-order valence-electron chi connectivity index (χ0n) is 30.2. The first-order valence-electron chi connectivity index (χ1n) is 18.9. The van der Waals surface area contributed by atoms with Crippen LogP contribution in [0.3, 0.4) is 0 Å². The quantitative estimate of drug-likeness (QED) is 0.0566. The number of carboxylic acid groups (broad SMARTS) is 1. The Hall–Kier alpha value is -3.92. The number of unbranched alkanes of at least 4 members (excludes halogenated alkanes) is 13. The average molecular weight is 695 g/mol. The third-order valence-electron chi connectivity index (χ3n) is 9.01. The van der Waals surface area contributed by atoms with Gasteiger partial charge in [-0.05, 0) is 55.5 Å². The zero-order chi connectivity index (χ0) is 36.4. The van der Waals surface area contributed by atoms with Crippen LogP contribution in [0.15, 0.2) is 54.6 Å². The number of carboxylic acids is 1. The number of hydrogen-bond acceptors (Lipinski definition) is 6. The fraction of sp³-hybridized carbons (Fsp3) is 0.600. The van der Waals surface area contributed by atoms with Crippen molar-refractivity contribution in [1.82, 2.24) is 16.0 Å². The lowest BCUT2D eigenvalue weighted by molar-refractivity contribution is -0.142. The first kappa shape index (κ1) is 42.2. The van der Waals surface area contributed by atoms with E-state index in [-0.39, 0.29) is 37.3 Å². The molecule has 2 rings (SSSR count). The van der Waals surface area contributed by atoms with Crippen molar-refractivity contribution in [3.05, 3.63) is 65.7 Å². The average Bonchev–Trinajstić information content (AvgIpc) is 3.10. The number of nitrogens with two attached hydrogens (primary N) is 1. The highest BCUT2D eigenvalue weighted by Crippen LogP contribution is 2.15. The minimum absolute atomic E-state index is 0.0846. The predicted molar refractivity (Wildman–Crippen MR) is 199 cm³/mol. The highest BCUT2D eigenvalue weighted by Gasteiger charge is 2.29. The van der Waals surface area contributed by atoms with Crippen LogP contribution in [0.5, 0.6) is 5.75 Å². The predicted octanol–water partition coefficient (Wildman–Crippen LogP) is 6.33. The molecule has 0 bridgehead atoms. The van der Waals surface area contributed by atoms with E-state index in [1.54, 1.807) is 36.4 Å². The largest absolute Gasteiger partial charge is 0.508 e. The lowest BCUT2D eigenvalue weighted by atomic mass is 10.0. The Morgan fingerprint density at radius 1 is 0.600 bits per heavy atom. The molecule has 10 nitrogen and oxygen atoms in total. The number of aliphatic carboxylic acids is 1. The minimum Gasteiger partial charge on any atom is -0.508 e. The summed E-state index contributed by atoms with van der Waals surface area (Å²) < 4.78 is 0. The number of hydrogen-bond donors (Lipinski definition) is 6. The van der Waals surface area contributed by atoms with E-state index in [9.17, 15) is 29.4 Å². The van der Waals surface area contributed by atoms with Gasteiger partial charge in [-0.2, -0.15) is 0 Å². The highest BCUT2D eigenvalue weighted by molar-refractivity contribution is 5.93. The first-order chi connectivity index (χ1) is 24.2. The van der Waals surface area contributed by atoms with E-state index in [0.29, 0.717) is 19.4 Å². The molecule has 278 valence electrons. The van der Waals surface area contributed by atoms with Crippen LogP contribution >= 0.6 is 0 Å². The van der Waals surface area contributed by atoms with Crippen molar-refractivity contribution in [2.24, 2.45) is 5.73 Å². The molecule has 0 aliphatic rings. The number of rotatable bonds is 28. The van der Waals surface area contributed by atoms with E-state index in [1.165, 1.54) is 69.9 Å². The molecule has 0 saturated heterocycles. The molecule has 3 atom stereocenters. The maximum absolute atomic E-state index is 13.7. The van der Waals surface area contributed by atoms with Crippen molar-refractivity contribution < 1.29 is 29.4 Å². The van der Waals surface area contributed by atoms with Crippen molar-refractivity contribution in [2.45, 2.75) is 147 Å². The summed E-state index contributed by atoms with van der Waals surface area (Å²) in [6, 6.07) is 12.2. The van der Waals surface area contributed by atoms with Crippen LogP contribution in [0, 0.1) is 0 Å². The van der Waals surface area contributed by atoms with Crippen molar-refractivity contribution in [3.8, 4) is 5.75 Å². The molecular weight excluding hydrogens is 632 g/mol. The summed E-state index contributed by atoms with van der Waals surface area (Å²) in [4.78, 5) is 52.2. The number of nitrogens with one attached hydrogen (secondary N) is 3. The maximum Gasteiger partial charge on any atom is 0.326 e. The molecule has 10 heteroatoms. The number of carbonyl (C=O) groups is 4. The van der Waals surface area contributed by atoms with Gasteiger partial charge in [0.05, 0.1) is 0 Å². The highest BCUT2D eigenvalue weighted by atomic mass is 16.4. The number of carbonyl (C=O) groups excluding carboxylic acids is 3. The van der Waals surface area contributed by atoms with Crippen LogP contribution in [0.4, 0.5) is 0 Å². The Morgan fingerprint density at radius 3 is 1.66 bits per heavy atom. The third-order valence-corrected chi connectivity index (χ3v) is 9.01. The van der Waals surface area contributed by atoms with Gasteiger partial charge in [-0.25, -0.2) is 4.79 Å². The molecule has 7 N–H and O–H groups in total. The van der Waals surface area contributed by atoms with Gasteiger partial charge in [0.1, 0.15) is 23.9 Å². The molecule has 0 fully saturated rings. The minimum atomic E-state index is -1.19. The molecule has 0 heterocycles. The molecule has 0 radical (unpaired) electrons. The Bertz CT molecular complexity index is 1240. The van der Waals surface area contributed by atoms with Crippen LogP contribution in [0.1, 0.15) is 127 Å². The van der Waals surface area contributed by atoms with Gasteiger partial charge in [0.2, 0.25) is 17.7 Å². The second-order valence-corrected chi connectivity index (χ2v) is 13.4. The molecule has 0 aliphatic heterocycles. The fourth-order valence-electron chi connectivity index (χ4n) is 6.00. The summed E-state index contributed by atoms with van der Waals surface area (Å²) in [6.45, 7) is 2.65. The summed E-state index contributed by atoms with van der Waals surface area (Å²) in [6.07, 6.45) is 17.6. The summed E-state index contributed by atoms with van der Waals surface area (Å²) in [5.74, 6) is -2.49. The van der Waals surface area contributed by atoms with Gasteiger partial charge >= 0.3 is 5.97 Å². The van der Waals surface area contributed by atoms with Gasteiger partial charge in [0.15, 0.2) is 0 Å². The van der Waals surface area contributed by atoms with Gasteiger partial charge in [-0.3, -0.25) is 14.4 Å². The van der Waals surface area contributed by atoms with Gasteiger partial charge in [0, 0.05) is 19.3 Å². The fourth-order valence-corrected chi connectivity index (χ4v) is 6.00. The standard InChI is InChI=1S/C40H62N4O6/c1-2-3-4-5-6-7-8-9-10-11-12-13-17-23-37(46)42-35(29-32-24-26-33(45)27-25-32)39(48)43-34(22-18-19-28-41)38(47)44-36(40(49)50)30-31-20-15-14-16-21-31/h14-16,20-21,24-27,34-36,45H,2-13,17-19,22-23,28-30,41H2,1H3,(H,42,46)(H,43,48)(H,44,47)(H,49,50)/t34-,35-,36-/m0/s1. The SMILES string of the molecule is CCCCCCCCCCCCCCCC(=O)N[C@@H](Cc1ccc(O)cc1)C(=O)N[C@@H](CCCCN)C(=O)N[C@@H](Cc1ccccc1)C(=O)O. The molecule has 0 unspecified atom stereocenters. The normalized spacial score (nSPS) is 12.8. The van der Waals surface area contributed by atoms with Crippen LogP contribution in [-0.2, 0) is 32.0 Å². The van der Waals surface area contributed by atoms with Gasteiger partial charge in [-0.1, -0.05) is 126 Å². The third kappa shape index (κ3) is 18.7. The monoisotopic (exact) mass is 694 g/mol. The van der Waals surface area contributed by atoms with Crippen LogP contribution in [-0.4, -0.2) is 58.6 Å². The van der Waals surface area contributed by atoms with E-state index in [2.05, 4.69) is 22.9 Å². The summed E-state index contributed by atoms with van der Waals surface area (Å²) >= 11 is 0. The van der Waals surface area contributed by atoms with Gasteiger partial charge in [-0.15, -0.1) is 0 Å². The smallest absolute Gasteiger partial charge is 0.326 e. The number of aromatic hydroxyl groups is 1. The molecule has 2 aromatic rings.